The Hall–Kier alpha value is -3.96. The van der Waals surface area contributed by atoms with Crippen molar-refractivity contribution in [1.29, 1.82) is 5.26 Å². The first-order chi connectivity index (χ1) is 17.1. The maximum Gasteiger partial charge on any atom is 0.343 e. The highest BCUT2D eigenvalue weighted by atomic mass is 16.4. The van der Waals surface area contributed by atoms with Gasteiger partial charge in [0.1, 0.15) is 17.8 Å². The topological polar surface area (TPSA) is 119 Å². The molecule has 1 amide bonds. The summed E-state index contributed by atoms with van der Waals surface area (Å²) in [5.74, 6) is -1.14. The first-order valence-electron chi connectivity index (χ1n) is 11.8. The van der Waals surface area contributed by atoms with Crippen molar-refractivity contribution in [3.63, 3.8) is 0 Å². The van der Waals surface area contributed by atoms with Crippen molar-refractivity contribution in [1.82, 2.24) is 10.3 Å². The van der Waals surface area contributed by atoms with Crippen LogP contribution in [0.2, 0.25) is 0 Å². The molecule has 1 aromatic heterocycles. The summed E-state index contributed by atoms with van der Waals surface area (Å²) in [5, 5.41) is 24.8. The van der Waals surface area contributed by atoms with Gasteiger partial charge in [-0.3, -0.25) is 4.79 Å². The number of amides is 1. The monoisotopic (exact) mass is 472 g/mol. The summed E-state index contributed by atoms with van der Waals surface area (Å²) < 4.78 is 5.56. The second-order valence-corrected chi connectivity index (χ2v) is 8.66. The number of nitriles is 1. The molecule has 1 aliphatic heterocycles. The molecule has 0 aliphatic carbocycles. The summed E-state index contributed by atoms with van der Waals surface area (Å²) in [4.78, 5) is 27.4. The molecule has 180 valence electrons. The van der Waals surface area contributed by atoms with E-state index in [-0.39, 0.29) is 17.7 Å². The second kappa shape index (κ2) is 11.4. The minimum Gasteiger partial charge on any atom is -0.507 e. The van der Waals surface area contributed by atoms with E-state index in [1.165, 1.54) is 0 Å². The fourth-order valence-corrected chi connectivity index (χ4v) is 4.51. The van der Waals surface area contributed by atoms with Crippen LogP contribution in [0.15, 0.2) is 68.9 Å². The molecule has 0 unspecified atom stereocenters. The van der Waals surface area contributed by atoms with Crippen molar-refractivity contribution < 1.29 is 14.3 Å². The van der Waals surface area contributed by atoms with Crippen LogP contribution in [0.3, 0.4) is 0 Å². The minimum atomic E-state index is -0.609. The molecule has 1 saturated heterocycles. The van der Waals surface area contributed by atoms with Crippen LogP contribution >= 0.6 is 0 Å². The highest BCUT2D eigenvalue weighted by molar-refractivity contribution is 5.89. The van der Waals surface area contributed by atoms with Crippen molar-refractivity contribution in [2.75, 3.05) is 19.6 Å². The molecule has 1 aliphatic rings. The van der Waals surface area contributed by atoms with Crippen molar-refractivity contribution >= 4 is 22.6 Å². The van der Waals surface area contributed by atoms with Crippen LogP contribution in [0.4, 0.5) is 0 Å². The average Bonchev–Trinajstić information content (AvgIpc) is 3.39. The summed E-state index contributed by atoms with van der Waals surface area (Å²) in [6.45, 7) is 2.81. The lowest BCUT2D eigenvalue weighted by atomic mass is 9.86. The molecule has 1 atom stereocenters. The van der Waals surface area contributed by atoms with Crippen LogP contribution < -0.4 is 11.1 Å². The van der Waals surface area contributed by atoms with E-state index >= 15 is 0 Å². The number of likely N-dealkylation sites (tertiary alicyclic amines) is 1. The number of nitrogens with zero attached hydrogens (tertiary/aromatic N) is 3. The molecule has 4 rings (SSSR count). The maximum atomic E-state index is 13.1. The van der Waals surface area contributed by atoms with Crippen molar-refractivity contribution in [2.45, 2.75) is 38.0 Å². The quantitative estimate of drug-likeness (QED) is 0.277. The van der Waals surface area contributed by atoms with Gasteiger partial charge in [-0.25, -0.2) is 10.2 Å². The molecule has 0 saturated carbocycles. The van der Waals surface area contributed by atoms with E-state index < -0.39 is 17.5 Å². The molecular weight excluding hydrogens is 444 g/mol. The number of fused-ring (bicyclic) bond motifs is 1. The van der Waals surface area contributed by atoms with E-state index in [4.69, 9.17) is 9.68 Å². The normalized spacial score (nSPS) is 15.1. The van der Waals surface area contributed by atoms with Crippen LogP contribution in [-0.4, -0.2) is 41.3 Å². The van der Waals surface area contributed by atoms with Gasteiger partial charge >= 0.3 is 5.63 Å². The minimum absolute atomic E-state index is 0.113. The third kappa shape index (κ3) is 5.94. The summed E-state index contributed by atoms with van der Waals surface area (Å²) >= 11 is 0. The van der Waals surface area contributed by atoms with Gasteiger partial charge in [0.25, 0.3) is 5.91 Å². The molecule has 3 aromatic rings. The standard InChI is InChI=1S/C27H28N4O4/c28-14-12-24(32)30-29-20(13-17-31-15-6-7-16-31)18-22(19-8-2-1-3-9-19)25-26(33)21-10-4-5-11-23(21)35-27(25)34/h1-5,8-11,22,33H,6-7,12-13,15-18H2,(H,30,32)/b29-20-/t22-/m0/s1. The molecule has 8 heteroatoms. The molecule has 0 spiro atoms. The van der Waals surface area contributed by atoms with E-state index in [0.717, 1.165) is 38.0 Å². The van der Waals surface area contributed by atoms with Crippen LogP contribution in [0.5, 0.6) is 5.75 Å². The number of rotatable bonds is 9. The number of para-hydroxylation sites is 1. The van der Waals surface area contributed by atoms with Crippen molar-refractivity contribution in [2.24, 2.45) is 5.10 Å². The lowest BCUT2D eigenvalue weighted by molar-refractivity contribution is -0.120. The van der Waals surface area contributed by atoms with Gasteiger partial charge in [-0.2, -0.15) is 10.4 Å². The largest absolute Gasteiger partial charge is 0.507 e. The highest BCUT2D eigenvalue weighted by Crippen LogP contribution is 2.36. The van der Waals surface area contributed by atoms with Gasteiger partial charge in [-0.05, 0) is 50.0 Å². The van der Waals surface area contributed by atoms with Gasteiger partial charge in [0.2, 0.25) is 0 Å². The number of aromatic hydroxyl groups is 1. The summed E-state index contributed by atoms with van der Waals surface area (Å²) in [6, 6.07) is 18.1. The van der Waals surface area contributed by atoms with Gasteiger partial charge < -0.3 is 14.4 Å². The Balaban J connectivity index is 1.72. The van der Waals surface area contributed by atoms with Gasteiger partial charge in [-0.15, -0.1) is 0 Å². The van der Waals surface area contributed by atoms with Gasteiger partial charge in [-0.1, -0.05) is 42.5 Å². The Morgan fingerprint density at radius 2 is 1.86 bits per heavy atom. The predicted octanol–water partition coefficient (Wildman–Crippen LogP) is 3.89. The molecular formula is C27H28N4O4. The smallest absolute Gasteiger partial charge is 0.343 e. The SMILES string of the molecule is N#CCC(=O)N/N=C(/CCN1CCCC1)C[C@@H](c1ccccc1)c1c(O)c2ccccc2oc1=O. The van der Waals surface area contributed by atoms with Crippen LogP contribution in [-0.2, 0) is 4.79 Å². The van der Waals surface area contributed by atoms with Gasteiger partial charge in [0, 0.05) is 24.6 Å². The van der Waals surface area contributed by atoms with E-state index in [0.29, 0.717) is 29.5 Å². The van der Waals surface area contributed by atoms with Gasteiger partial charge in [0.05, 0.1) is 17.0 Å². The third-order valence-corrected chi connectivity index (χ3v) is 6.30. The molecule has 0 bridgehead atoms. The molecule has 35 heavy (non-hydrogen) atoms. The molecule has 2 heterocycles. The Morgan fingerprint density at radius 3 is 2.60 bits per heavy atom. The van der Waals surface area contributed by atoms with E-state index in [2.05, 4.69) is 15.4 Å². The molecule has 2 aromatic carbocycles. The fourth-order valence-electron chi connectivity index (χ4n) is 4.51. The number of carbonyl (C=O) groups excluding carboxylic acids is 1. The first kappa shape index (κ1) is 24.2. The average molecular weight is 473 g/mol. The molecule has 0 radical (unpaired) electrons. The maximum absolute atomic E-state index is 13.1. The van der Waals surface area contributed by atoms with Crippen LogP contribution in [0.25, 0.3) is 11.0 Å². The lowest BCUT2D eigenvalue weighted by Gasteiger charge is -2.21. The second-order valence-electron chi connectivity index (χ2n) is 8.66. The van der Waals surface area contributed by atoms with Crippen molar-refractivity contribution in [3.05, 3.63) is 76.1 Å². The number of hydrogen-bond donors (Lipinski definition) is 2. The first-order valence-corrected chi connectivity index (χ1v) is 11.8. The molecule has 2 N–H and O–H groups in total. The Kier molecular flexibility index (Phi) is 7.91. The van der Waals surface area contributed by atoms with Gasteiger partial charge in [0.15, 0.2) is 0 Å². The Bertz CT molecular complexity index is 1300. The fraction of sp³-hybridized carbons (Fsp3) is 0.333. The third-order valence-electron chi connectivity index (χ3n) is 6.30. The number of benzene rings is 2. The van der Waals surface area contributed by atoms with Crippen LogP contribution in [0.1, 0.15) is 49.1 Å². The summed E-state index contributed by atoms with van der Waals surface area (Å²) in [6.07, 6.45) is 2.89. The van der Waals surface area contributed by atoms with E-state index in [9.17, 15) is 14.7 Å². The molecule has 1 fully saturated rings. The number of hydrogen-bond acceptors (Lipinski definition) is 7. The number of nitrogens with one attached hydrogen (secondary N) is 1. The lowest BCUT2D eigenvalue weighted by Crippen LogP contribution is -2.26. The predicted molar refractivity (Wildman–Crippen MR) is 133 cm³/mol. The van der Waals surface area contributed by atoms with E-state index in [1.807, 2.05) is 36.4 Å². The van der Waals surface area contributed by atoms with E-state index in [1.54, 1.807) is 24.3 Å². The molecule has 8 nitrogen and oxygen atoms in total. The van der Waals surface area contributed by atoms with Crippen molar-refractivity contribution in [3.8, 4) is 11.8 Å². The summed E-state index contributed by atoms with van der Waals surface area (Å²) in [5.41, 5.74) is 3.83. The number of hydrazone groups is 1. The Morgan fingerprint density at radius 1 is 1.14 bits per heavy atom. The Labute approximate surface area is 203 Å². The van der Waals surface area contributed by atoms with Crippen LogP contribution in [0, 0.1) is 11.3 Å². The highest BCUT2D eigenvalue weighted by Gasteiger charge is 2.26. The number of carbonyl (C=O) groups is 1. The zero-order valence-corrected chi connectivity index (χ0v) is 19.4. The zero-order valence-electron chi connectivity index (χ0n) is 19.4. The zero-order chi connectivity index (χ0) is 24.6. The summed E-state index contributed by atoms with van der Waals surface area (Å²) in [7, 11) is 0.